The van der Waals surface area contributed by atoms with Crippen LogP contribution in [0.4, 0.5) is 5.69 Å². The summed E-state index contributed by atoms with van der Waals surface area (Å²) in [6.45, 7) is 9.09. The predicted molar refractivity (Wildman–Crippen MR) is 142 cm³/mol. The average Bonchev–Trinajstić information content (AvgIpc) is 2.97. The van der Waals surface area contributed by atoms with Crippen LogP contribution >= 0.6 is 23.4 Å². The summed E-state index contributed by atoms with van der Waals surface area (Å²) in [5.74, 6) is 0.631. The van der Waals surface area contributed by atoms with Gasteiger partial charge in [-0.05, 0) is 42.2 Å². The van der Waals surface area contributed by atoms with E-state index in [1.807, 2.05) is 19.2 Å². The number of carbonyl (C=O) groups excluding carboxylic acids is 1. The largest absolute Gasteiger partial charge is 0.347 e. The van der Waals surface area contributed by atoms with E-state index in [-0.39, 0.29) is 22.5 Å². The van der Waals surface area contributed by atoms with Gasteiger partial charge < -0.3 is 4.90 Å². The molecule has 0 saturated heterocycles. The van der Waals surface area contributed by atoms with Crippen molar-refractivity contribution in [3.05, 3.63) is 75.2 Å². The molecule has 0 atom stereocenters. The number of hydrogen-bond acceptors (Lipinski definition) is 5. The number of nitrogens with zero attached hydrogens (tertiary/aromatic N) is 3. The van der Waals surface area contributed by atoms with E-state index >= 15 is 0 Å². The summed E-state index contributed by atoms with van der Waals surface area (Å²) in [5, 5.41) is 1.62. The van der Waals surface area contributed by atoms with Crippen LogP contribution in [0, 0.1) is 5.92 Å². The fourth-order valence-electron chi connectivity index (χ4n) is 4.46. The van der Waals surface area contributed by atoms with E-state index in [9.17, 15) is 9.59 Å². The molecule has 5 nitrogen and oxygen atoms in total. The second-order valence-corrected chi connectivity index (χ2v) is 11.1. The number of fused-ring (bicyclic) bond motifs is 2. The van der Waals surface area contributed by atoms with Gasteiger partial charge in [-0.25, -0.2) is 4.98 Å². The highest BCUT2D eigenvalue weighted by Gasteiger charge is 2.38. The van der Waals surface area contributed by atoms with Gasteiger partial charge in [0, 0.05) is 41.5 Å². The lowest BCUT2D eigenvalue weighted by Gasteiger charge is -2.24. The molecule has 0 fully saturated rings. The SMILES string of the molecule is CC(C)CCn1c(SCC(=O)C=C2N(C)c3ccccc3C2(C)C)nc2cc(Cl)ccc2c1=O. The monoisotopic (exact) mass is 495 g/mol. The normalized spacial score (nSPS) is 16.0. The van der Waals surface area contributed by atoms with Crippen LogP contribution in [0.15, 0.2) is 64.2 Å². The standard InChI is InChI=1S/C27H30ClN3O2S/c1-17(2)12-13-31-25(33)20-11-10-18(28)14-22(20)29-26(31)34-16-19(32)15-24-27(3,4)21-8-6-7-9-23(21)30(24)5/h6-11,14-15,17H,12-13,16H2,1-5H3. The van der Waals surface area contributed by atoms with Crippen LogP contribution in [-0.2, 0) is 16.8 Å². The Bertz CT molecular complexity index is 1340. The van der Waals surface area contributed by atoms with Crippen molar-refractivity contribution < 1.29 is 4.79 Å². The first-order chi connectivity index (χ1) is 16.1. The van der Waals surface area contributed by atoms with Gasteiger partial charge in [0.15, 0.2) is 10.9 Å². The van der Waals surface area contributed by atoms with Crippen LogP contribution in [0.1, 0.15) is 39.7 Å². The van der Waals surface area contributed by atoms with E-state index in [2.05, 4.69) is 44.7 Å². The summed E-state index contributed by atoms with van der Waals surface area (Å²) >= 11 is 7.45. The number of thioether (sulfide) groups is 1. The van der Waals surface area contributed by atoms with Crippen molar-refractivity contribution in [1.29, 1.82) is 0 Å². The van der Waals surface area contributed by atoms with Gasteiger partial charge in [0.1, 0.15) is 0 Å². The number of benzene rings is 2. The molecule has 0 aliphatic carbocycles. The van der Waals surface area contributed by atoms with Crippen LogP contribution < -0.4 is 10.5 Å². The zero-order valence-electron chi connectivity index (χ0n) is 20.3. The van der Waals surface area contributed by atoms with Gasteiger partial charge in [-0.3, -0.25) is 14.2 Å². The lowest BCUT2D eigenvalue weighted by atomic mass is 9.83. The van der Waals surface area contributed by atoms with Crippen LogP contribution in [0.25, 0.3) is 10.9 Å². The van der Waals surface area contributed by atoms with E-state index in [0.717, 1.165) is 17.8 Å². The Hall–Kier alpha value is -2.57. The van der Waals surface area contributed by atoms with Gasteiger partial charge in [-0.15, -0.1) is 0 Å². The Labute approximate surface area is 209 Å². The van der Waals surface area contributed by atoms with Crippen molar-refractivity contribution in [2.24, 2.45) is 5.92 Å². The second kappa shape index (κ2) is 9.59. The number of ketones is 1. The highest BCUT2D eigenvalue weighted by molar-refractivity contribution is 7.99. The third-order valence-electron chi connectivity index (χ3n) is 6.39. The maximum atomic E-state index is 13.2. The number of carbonyl (C=O) groups is 1. The molecule has 1 aromatic heterocycles. The van der Waals surface area contributed by atoms with Gasteiger partial charge in [-0.1, -0.05) is 69.3 Å². The molecule has 34 heavy (non-hydrogen) atoms. The van der Waals surface area contributed by atoms with Crippen molar-refractivity contribution >= 4 is 45.7 Å². The quantitative estimate of drug-likeness (QED) is 0.226. The molecular weight excluding hydrogens is 466 g/mol. The minimum absolute atomic E-state index is 0.0106. The van der Waals surface area contributed by atoms with E-state index in [1.54, 1.807) is 28.8 Å². The Balaban J connectivity index is 1.62. The van der Waals surface area contributed by atoms with Crippen molar-refractivity contribution in [3.63, 3.8) is 0 Å². The molecule has 1 aliphatic heterocycles. The number of allylic oxidation sites excluding steroid dienone is 2. The summed E-state index contributed by atoms with van der Waals surface area (Å²) in [6, 6.07) is 13.4. The van der Waals surface area contributed by atoms with E-state index in [0.29, 0.717) is 33.5 Å². The smallest absolute Gasteiger partial charge is 0.262 e. The fourth-order valence-corrected chi connectivity index (χ4v) is 5.47. The molecule has 7 heteroatoms. The van der Waals surface area contributed by atoms with E-state index < -0.39 is 0 Å². The number of para-hydroxylation sites is 1. The van der Waals surface area contributed by atoms with Crippen LogP contribution in [0.3, 0.4) is 0 Å². The number of halogens is 1. The molecule has 4 rings (SSSR count). The Morgan fingerprint density at radius 1 is 1.21 bits per heavy atom. The summed E-state index contributed by atoms with van der Waals surface area (Å²) in [6.07, 6.45) is 2.59. The Morgan fingerprint density at radius 3 is 2.65 bits per heavy atom. The molecule has 1 aliphatic rings. The zero-order valence-corrected chi connectivity index (χ0v) is 21.8. The highest BCUT2D eigenvalue weighted by Crippen LogP contribution is 2.46. The molecule has 0 bridgehead atoms. The molecule has 0 N–H and O–H groups in total. The third kappa shape index (κ3) is 4.66. The molecule has 3 aromatic rings. The number of anilines is 1. The minimum atomic E-state index is -0.261. The Kier molecular flexibility index (Phi) is 6.92. The second-order valence-electron chi connectivity index (χ2n) is 9.68. The minimum Gasteiger partial charge on any atom is -0.347 e. The van der Waals surface area contributed by atoms with Gasteiger partial charge in [-0.2, -0.15) is 0 Å². The number of likely N-dealkylation sites (N-methyl/N-ethyl adjacent to an activating group) is 1. The molecular formula is C27H30ClN3O2S. The first kappa shape index (κ1) is 24.6. The molecule has 178 valence electrons. The first-order valence-electron chi connectivity index (χ1n) is 11.5. The molecule has 0 unspecified atom stereocenters. The van der Waals surface area contributed by atoms with Crippen molar-refractivity contribution in [1.82, 2.24) is 9.55 Å². The highest BCUT2D eigenvalue weighted by atomic mass is 35.5. The predicted octanol–water partition coefficient (Wildman–Crippen LogP) is 6.07. The number of rotatable bonds is 7. The summed E-state index contributed by atoms with van der Waals surface area (Å²) in [7, 11) is 2.00. The maximum Gasteiger partial charge on any atom is 0.262 e. The molecule has 0 amide bonds. The van der Waals surface area contributed by atoms with Gasteiger partial charge in [0.05, 0.1) is 16.7 Å². The van der Waals surface area contributed by atoms with E-state index in [1.165, 1.54) is 17.3 Å². The number of hydrogen-bond donors (Lipinski definition) is 0. The third-order valence-corrected chi connectivity index (χ3v) is 7.63. The molecule has 0 saturated carbocycles. The van der Waals surface area contributed by atoms with Gasteiger partial charge in [0.2, 0.25) is 0 Å². The molecule has 2 heterocycles. The Morgan fingerprint density at radius 2 is 1.94 bits per heavy atom. The summed E-state index contributed by atoms with van der Waals surface area (Å²) < 4.78 is 1.70. The van der Waals surface area contributed by atoms with E-state index in [4.69, 9.17) is 16.6 Å². The van der Waals surface area contributed by atoms with Crippen molar-refractivity contribution in [3.8, 4) is 0 Å². The van der Waals surface area contributed by atoms with Crippen molar-refractivity contribution in [2.75, 3.05) is 17.7 Å². The number of aromatic nitrogens is 2. The maximum absolute atomic E-state index is 13.2. The average molecular weight is 496 g/mol. The summed E-state index contributed by atoms with van der Waals surface area (Å²) in [4.78, 5) is 33.1. The van der Waals surface area contributed by atoms with Gasteiger partial charge in [0.25, 0.3) is 5.56 Å². The first-order valence-corrected chi connectivity index (χ1v) is 12.9. The van der Waals surface area contributed by atoms with Crippen LogP contribution in [0.5, 0.6) is 0 Å². The van der Waals surface area contributed by atoms with Crippen molar-refractivity contribution in [2.45, 2.75) is 51.2 Å². The fraction of sp³-hybridized carbons (Fsp3) is 0.370. The lowest BCUT2D eigenvalue weighted by Crippen LogP contribution is -2.25. The lowest BCUT2D eigenvalue weighted by molar-refractivity contribution is -0.112. The summed E-state index contributed by atoms with van der Waals surface area (Å²) in [5.41, 5.74) is 3.49. The molecule has 0 spiro atoms. The van der Waals surface area contributed by atoms with Crippen LogP contribution in [0.2, 0.25) is 5.02 Å². The molecule has 0 radical (unpaired) electrons. The zero-order chi connectivity index (χ0) is 24.6. The van der Waals surface area contributed by atoms with Gasteiger partial charge >= 0.3 is 0 Å². The van der Waals surface area contributed by atoms with Crippen LogP contribution in [-0.4, -0.2) is 28.1 Å². The molecule has 2 aromatic carbocycles. The topological polar surface area (TPSA) is 55.2 Å².